The molecule has 2 fully saturated rings. The Hall–Kier alpha value is -2.74. The number of fused-ring (bicyclic) bond motifs is 2. The van der Waals surface area contributed by atoms with E-state index < -0.39 is 28.6 Å². The number of halogens is 2. The molecule has 3 unspecified atom stereocenters. The number of likely N-dealkylation sites (N-methyl/N-ethyl adjacent to an activating group) is 1. The zero-order valence-electron chi connectivity index (χ0n) is 17.5. The van der Waals surface area contributed by atoms with Crippen LogP contribution in [0.1, 0.15) is 42.6 Å². The van der Waals surface area contributed by atoms with Gasteiger partial charge in [0, 0.05) is 37.3 Å². The number of rotatable bonds is 4. The van der Waals surface area contributed by atoms with Crippen molar-refractivity contribution in [3.05, 3.63) is 51.3 Å². The van der Waals surface area contributed by atoms with Gasteiger partial charge >= 0.3 is 5.97 Å². The minimum absolute atomic E-state index is 0.00300. The van der Waals surface area contributed by atoms with Crippen LogP contribution in [0.25, 0.3) is 10.9 Å². The number of aromatic nitrogens is 1. The average Bonchev–Trinajstić information content (AvgIpc) is 3.47. The van der Waals surface area contributed by atoms with Gasteiger partial charge in [-0.2, -0.15) is 0 Å². The third kappa shape index (κ3) is 3.15. The second kappa shape index (κ2) is 7.15. The van der Waals surface area contributed by atoms with Crippen molar-refractivity contribution in [3.8, 4) is 0 Å². The summed E-state index contributed by atoms with van der Waals surface area (Å²) in [4.78, 5) is 25.9. The number of allylic oxidation sites excluding steroid dienone is 1. The molecule has 2 aliphatic carbocycles. The number of benzene rings is 1. The van der Waals surface area contributed by atoms with Crippen LogP contribution in [0.15, 0.2) is 28.7 Å². The highest BCUT2D eigenvalue weighted by atomic mass is 19.1. The quantitative estimate of drug-likeness (QED) is 0.730. The number of nitrogens with zero attached hydrogens (tertiary/aromatic N) is 2. The molecule has 1 aromatic carbocycles. The minimum atomic E-state index is -1.39. The topological polar surface area (TPSA) is 74.6 Å². The molecule has 2 N–H and O–H groups in total. The van der Waals surface area contributed by atoms with Crippen LogP contribution in [0.3, 0.4) is 0 Å². The van der Waals surface area contributed by atoms with E-state index in [-0.39, 0.29) is 40.5 Å². The Morgan fingerprint density at radius 1 is 1.26 bits per heavy atom. The number of nitrogens with one attached hydrogen (secondary N) is 1. The van der Waals surface area contributed by atoms with Crippen LogP contribution in [0.5, 0.6) is 0 Å². The van der Waals surface area contributed by atoms with Gasteiger partial charge in [0.25, 0.3) is 0 Å². The first-order valence-corrected chi connectivity index (χ1v) is 10.7. The first-order valence-electron chi connectivity index (χ1n) is 10.7. The Balaban J connectivity index is 1.65. The minimum Gasteiger partial charge on any atom is -0.477 e. The highest BCUT2D eigenvalue weighted by Crippen LogP contribution is 2.42. The van der Waals surface area contributed by atoms with Gasteiger partial charge in [0.15, 0.2) is 5.82 Å². The smallest absolute Gasteiger partial charge is 0.341 e. The van der Waals surface area contributed by atoms with Crippen molar-refractivity contribution in [1.29, 1.82) is 0 Å². The zero-order chi connectivity index (χ0) is 22.0. The second-order valence-electron chi connectivity index (χ2n) is 9.09. The Morgan fingerprint density at radius 2 is 2.00 bits per heavy atom. The van der Waals surface area contributed by atoms with Crippen LogP contribution in [0.2, 0.25) is 0 Å². The first-order chi connectivity index (χ1) is 14.8. The van der Waals surface area contributed by atoms with Crippen molar-refractivity contribution in [2.45, 2.75) is 38.3 Å². The molecule has 1 saturated carbocycles. The third-order valence-electron chi connectivity index (χ3n) is 7.01. The van der Waals surface area contributed by atoms with Gasteiger partial charge in [-0.15, -0.1) is 0 Å². The lowest BCUT2D eigenvalue weighted by Crippen LogP contribution is -2.39. The van der Waals surface area contributed by atoms with Gasteiger partial charge < -0.3 is 19.9 Å². The molecule has 0 spiro atoms. The van der Waals surface area contributed by atoms with Crippen molar-refractivity contribution in [2.24, 2.45) is 11.8 Å². The summed E-state index contributed by atoms with van der Waals surface area (Å²) in [6, 6.07) is 1.09. The van der Waals surface area contributed by atoms with Crippen molar-refractivity contribution >= 4 is 22.6 Å². The van der Waals surface area contributed by atoms with Crippen LogP contribution in [-0.2, 0) is 0 Å². The monoisotopic (exact) mass is 429 g/mol. The maximum absolute atomic E-state index is 15.9. The molecule has 31 heavy (non-hydrogen) atoms. The molecule has 1 saturated heterocycles. The fourth-order valence-electron chi connectivity index (χ4n) is 5.43. The molecule has 1 aliphatic heterocycles. The molecular weight excluding hydrogens is 404 g/mol. The molecule has 164 valence electrons. The maximum Gasteiger partial charge on any atom is 0.341 e. The maximum atomic E-state index is 15.9. The lowest BCUT2D eigenvalue weighted by molar-refractivity contribution is 0.0694. The standard InChI is InChI=1S/C23H25F2N3O3/c1-11-5-12-8-27(9-15(12)18(6-11)26-2)21-17(24)7-14-20(19(21)25)28(13-3-4-13)10-16(22(14)29)23(30)31/h6-7,10,12-13,15,18,26H,3-5,8-9H2,1-2H3,(H,30,31). The van der Waals surface area contributed by atoms with Crippen molar-refractivity contribution in [3.63, 3.8) is 0 Å². The van der Waals surface area contributed by atoms with Gasteiger partial charge in [0.05, 0.1) is 10.9 Å². The SMILES string of the molecule is CNC1C=C(C)CC2CN(c3c(F)cc4c(=O)c(C(=O)O)cn(C5CC5)c4c3F)CC21. The molecule has 3 aliphatic rings. The number of carboxylic acids is 1. The third-order valence-corrected chi connectivity index (χ3v) is 7.01. The fourth-order valence-corrected chi connectivity index (χ4v) is 5.43. The predicted octanol–water partition coefficient (Wildman–Crippen LogP) is 3.30. The van der Waals surface area contributed by atoms with Crippen molar-refractivity contribution in [1.82, 2.24) is 9.88 Å². The van der Waals surface area contributed by atoms with E-state index in [1.807, 2.05) is 7.05 Å². The summed E-state index contributed by atoms with van der Waals surface area (Å²) >= 11 is 0. The molecule has 5 rings (SSSR count). The zero-order valence-corrected chi connectivity index (χ0v) is 17.5. The highest BCUT2D eigenvalue weighted by Gasteiger charge is 2.41. The number of anilines is 1. The molecule has 0 bridgehead atoms. The average molecular weight is 429 g/mol. The number of hydrogen-bond donors (Lipinski definition) is 2. The summed E-state index contributed by atoms with van der Waals surface area (Å²) < 4.78 is 32.6. The number of pyridine rings is 1. The van der Waals surface area contributed by atoms with E-state index in [0.29, 0.717) is 13.1 Å². The van der Waals surface area contributed by atoms with Crippen LogP contribution in [0.4, 0.5) is 14.5 Å². The summed E-state index contributed by atoms with van der Waals surface area (Å²) in [6.45, 7) is 3.13. The van der Waals surface area contributed by atoms with Gasteiger partial charge in [0.2, 0.25) is 5.43 Å². The molecular formula is C23H25F2N3O3. The molecule has 1 aromatic heterocycles. The number of hydrogen-bond acceptors (Lipinski definition) is 4. The molecule has 2 heterocycles. The predicted molar refractivity (Wildman–Crippen MR) is 114 cm³/mol. The fraction of sp³-hybridized carbons (Fsp3) is 0.478. The molecule has 2 aromatic rings. The summed E-state index contributed by atoms with van der Waals surface area (Å²) in [6.07, 6.45) is 5.84. The molecule has 3 atom stereocenters. The van der Waals surface area contributed by atoms with Gasteiger partial charge in [-0.1, -0.05) is 11.6 Å². The van der Waals surface area contributed by atoms with E-state index in [2.05, 4.69) is 18.3 Å². The van der Waals surface area contributed by atoms with E-state index in [1.54, 1.807) is 4.90 Å². The molecule has 6 nitrogen and oxygen atoms in total. The van der Waals surface area contributed by atoms with Gasteiger partial charge in [-0.25, -0.2) is 13.6 Å². The van der Waals surface area contributed by atoms with Gasteiger partial charge in [-0.05, 0) is 45.2 Å². The summed E-state index contributed by atoms with van der Waals surface area (Å²) in [5, 5.41) is 12.5. The lowest BCUT2D eigenvalue weighted by Gasteiger charge is -2.30. The Kier molecular flexibility index (Phi) is 4.66. The van der Waals surface area contributed by atoms with Crippen LogP contribution in [0, 0.1) is 23.5 Å². The second-order valence-corrected chi connectivity index (χ2v) is 9.09. The summed E-state index contributed by atoms with van der Waals surface area (Å²) in [5.74, 6) is -2.47. The number of aromatic carboxylic acids is 1. The summed E-state index contributed by atoms with van der Waals surface area (Å²) in [7, 11) is 1.89. The van der Waals surface area contributed by atoms with E-state index in [9.17, 15) is 14.7 Å². The van der Waals surface area contributed by atoms with Crippen LogP contribution >= 0.6 is 0 Å². The molecule has 8 heteroatoms. The highest BCUT2D eigenvalue weighted by molar-refractivity contribution is 5.94. The number of carbonyl (C=O) groups is 1. The van der Waals surface area contributed by atoms with Crippen LogP contribution < -0.4 is 15.6 Å². The van der Waals surface area contributed by atoms with E-state index >= 15 is 8.78 Å². The van der Waals surface area contributed by atoms with Crippen molar-refractivity contribution < 1.29 is 18.7 Å². The Morgan fingerprint density at radius 3 is 2.65 bits per heavy atom. The largest absolute Gasteiger partial charge is 0.477 e. The van der Waals surface area contributed by atoms with Gasteiger partial charge in [-0.3, -0.25) is 4.79 Å². The molecule has 0 radical (unpaired) electrons. The van der Waals surface area contributed by atoms with Gasteiger partial charge in [0.1, 0.15) is 17.1 Å². The van der Waals surface area contributed by atoms with E-state index in [0.717, 1.165) is 25.3 Å². The van der Waals surface area contributed by atoms with Crippen LogP contribution in [-0.4, -0.2) is 41.8 Å². The first kappa shape index (κ1) is 20.2. The Bertz CT molecular complexity index is 1190. The summed E-state index contributed by atoms with van der Waals surface area (Å²) in [5.41, 5.74) is -0.161. The molecule has 0 amide bonds. The van der Waals surface area contributed by atoms with E-state index in [4.69, 9.17) is 0 Å². The van der Waals surface area contributed by atoms with Crippen molar-refractivity contribution in [2.75, 3.05) is 25.0 Å². The normalized spacial score (nSPS) is 25.6. The lowest BCUT2D eigenvalue weighted by atomic mass is 9.79. The Labute approximate surface area is 178 Å². The van der Waals surface area contributed by atoms with E-state index in [1.165, 1.54) is 16.3 Å². The number of carboxylic acid groups (broad SMARTS) is 1.